The number of hydrogen-bond acceptors (Lipinski definition) is 3. The highest BCUT2D eigenvalue weighted by molar-refractivity contribution is 6.34. The molecule has 2 fully saturated rings. The molecule has 2 saturated heterocycles. The zero-order chi connectivity index (χ0) is 14.3. The fraction of sp³-hybridized carbons (Fsp3) is 0.429. The second-order valence-electron chi connectivity index (χ2n) is 5.27. The summed E-state index contributed by atoms with van der Waals surface area (Å²) in [6.45, 7) is 1.76. The maximum Gasteiger partial charge on any atom is 0.255 e. The number of carbonyl (C=O) groups is 2. The summed E-state index contributed by atoms with van der Waals surface area (Å²) < 4.78 is 0. The maximum absolute atomic E-state index is 12.5. The number of nitrogen functional groups attached to an aromatic ring is 1. The molecule has 2 N–H and O–H groups in total. The number of piperazine rings is 1. The van der Waals surface area contributed by atoms with Crippen LogP contribution < -0.4 is 5.73 Å². The summed E-state index contributed by atoms with van der Waals surface area (Å²) in [5, 5.41) is 0.375. The molecule has 2 heterocycles. The molecule has 0 aliphatic carbocycles. The van der Waals surface area contributed by atoms with E-state index in [1.807, 2.05) is 4.90 Å². The third-order valence-corrected chi connectivity index (χ3v) is 4.32. The molecule has 0 spiro atoms. The van der Waals surface area contributed by atoms with Crippen LogP contribution in [0.1, 0.15) is 23.2 Å². The minimum Gasteiger partial charge on any atom is -0.399 e. The van der Waals surface area contributed by atoms with Gasteiger partial charge in [-0.15, -0.1) is 0 Å². The third kappa shape index (κ3) is 2.22. The van der Waals surface area contributed by atoms with Gasteiger partial charge in [-0.1, -0.05) is 11.6 Å². The molecule has 0 aromatic heterocycles. The average molecular weight is 294 g/mol. The molecule has 5 nitrogen and oxygen atoms in total. The zero-order valence-electron chi connectivity index (χ0n) is 11.0. The predicted molar refractivity (Wildman–Crippen MR) is 76.5 cm³/mol. The van der Waals surface area contributed by atoms with Gasteiger partial charge < -0.3 is 15.5 Å². The maximum atomic E-state index is 12.5. The second-order valence-corrected chi connectivity index (χ2v) is 5.68. The first-order valence-corrected chi connectivity index (χ1v) is 7.08. The number of benzene rings is 1. The van der Waals surface area contributed by atoms with Gasteiger partial charge in [0.1, 0.15) is 0 Å². The lowest BCUT2D eigenvalue weighted by Crippen LogP contribution is -2.53. The highest BCUT2D eigenvalue weighted by Crippen LogP contribution is 2.26. The Morgan fingerprint density at radius 1 is 1.35 bits per heavy atom. The highest BCUT2D eigenvalue weighted by Gasteiger charge is 2.37. The molecule has 3 rings (SSSR count). The smallest absolute Gasteiger partial charge is 0.255 e. The van der Waals surface area contributed by atoms with Gasteiger partial charge in [0, 0.05) is 37.8 Å². The quantitative estimate of drug-likeness (QED) is 0.795. The molecule has 1 aromatic rings. The van der Waals surface area contributed by atoms with Crippen LogP contribution in [0.25, 0.3) is 0 Å². The standard InChI is InChI=1S/C14H16ClN3O2/c15-12-7-9(16)1-3-11(12)14(20)17-5-6-18-10(8-17)2-4-13(18)19/h1,3,7,10H,2,4-6,8,16H2. The normalized spacial score (nSPS) is 22.1. The van der Waals surface area contributed by atoms with E-state index >= 15 is 0 Å². The number of nitrogens with zero attached hydrogens (tertiary/aromatic N) is 2. The molecule has 0 bridgehead atoms. The molecular weight excluding hydrogens is 278 g/mol. The van der Waals surface area contributed by atoms with E-state index in [0.29, 0.717) is 42.3 Å². The summed E-state index contributed by atoms with van der Waals surface area (Å²) in [5.74, 6) is 0.113. The Morgan fingerprint density at radius 2 is 2.15 bits per heavy atom. The van der Waals surface area contributed by atoms with Crippen LogP contribution in [0.5, 0.6) is 0 Å². The minimum atomic E-state index is -0.0889. The van der Waals surface area contributed by atoms with Crippen molar-refractivity contribution in [3.8, 4) is 0 Å². The van der Waals surface area contributed by atoms with E-state index in [2.05, 4.69) is 0 Å². The molecule has 0 saturated carbocycles. The monoisotopic (exact) mass is 293 g/mol. The molecule has 106 valence electrons. The summed E-state index contributed by atoms with van der Waals surface area (Å²) in [6.07, 6.45) is 1.42. The van der Waals surface area contributed by atoms with Crippen LogP contribution >= 0.6 is 11.6 Å². The molecule has 1 aromatic carbocycles. The van der Waals surface area contributed by atoms with E-state index in [0.717, 1.165) is 6.42 Å². The van der Waals surface area contributed by atoms with Gasteiger partial charge in [-0.25, -0.2) is 0 Å². The molecule has 1 atom stereocenters. The van der Waals surface area contributed by atoms with Crippen LogP contribution in [0.3, 0.4) is 0 Å². The topological polar surface area (TPSA) is 66.6 Å². The fourth-order valence-electron chi connectivity index (χ4n) is 2.92. The van der Waals surface area contributed by atoms with E-state index in [9.17, 15) is 9.59 Å². The van der Waals surface area contributed by atoms with Crippen LogP contribution in [-0.4, -0.2) is 47.3 Å². The van der Waals surface area contributed by atoms with Crippen molar-refractivity contribution in [1.29, 1.82) is 0 Å². The van der Waals surface area contributed by atoms with Crippen LogP contribution in [-0.2, 0) is 4.79 Å². The lowest BCUT2D eigenvalue weighted by molar-refractivity contribution is -0.130. The number of nitrogens with two attached hydrogens (primary N) is 1. The van der Waals surface area contributed by atoms with E-state index in [4.69, 9.17) is 17.3 Å². The van der Waals surface area contributed by atoms with E-state index < -0.39 is 0 Å². The number of rotatable bonds is 1. The van der Waals surface area contributed by atoms with Gasteiger partial charge in [0.25, 0.3) is 5.91 Å². The van der Waals surface area contributed by atoms with Gasteiger partial charge in [0.2, 0.25) is 5.91 Å². The Balaban J connectivity index is 1.77. The molecule has 20 heavy (non-hydrogen) atoms. The van der Waals surface area contributed by atoms with Crippen molar-refractivity contribution in [3.05, 3.63) is 28.8 Å². The summed E-state index contributed by atoms with van der Waals surface area (Å²) in [7, 11) is 0. The Kier molecular flexibility index (Phi) is 3.30. The first kappa shape index (κ1) is 13.2. The Bertz CT molecular complexity index is 576. The summed E-state index contributed by atoms with van der Waals surface area (Å²) in [4.78, 5) is 27.8. The average Bonchev–Trinajstić information content (AvgIpc) is 2.79. The first-order chi connectivity index (χ1) is 9.56. The lowest BCUT2D eigenvalue weighted by Gasteiger charge is -2.37. The van der Waals surface area contributed by atoms with Gasteiger partial charge in [-0.2, -0.15) is 0 Å². The Hall–Kier alpha value is -1.75. The fourth-order valence-corrected chi connectivity index (χ4v) is 3.19. The van der Waals surface area contributed by atoms with Gasteiger partial charge in [-0.3, -0.25) is 9.59 Å². The third-order valence-electron chi connectivity index (χ3n) is 4.01. The van der Waals surface area contributed by atoms with Gasteiger partial charge in [0.15, 0.2) is 0 Å². The molecule has 2 aliphatic rings. The summed E-state index contributed by atoms with van der Waals surface area (Å²) >= 11 is 6.09. The van der Waals surface area contributed by atoms with Gasteiger partial charge in [-0.05, 0) is 24.6 Å². The Morgan fingerprint density at radius 3 is 2.90 bits per heavy atom. The number of halogens is 1. The first-order valence-electron chi connectivity index (χ1n) is 6.70. The molecule has 2 amide bonds. The van der Waals surface area contributed by atoms with E-state index in [-0.39, 0.29) is 17.9 Å². The minimum absolute atomic E-state index is 0.0889. The lowest BCUT2D eigenvalue weighted by atomic mass is 10.1. The van der Waals surface area contributed by atoms with Gasteiger partial charge in [0.05, 0.1) is 10.6 Å². The molecule has 6 heteroatoms. The van der Waals surface area contributed by atoms with E-state index in [1.54, 1.807) is 23.1 Å². The van der Waals surface area contributed by atoms with Crippen molar-refractivity contribution >= 4 is 29.1 Å². The largest absolute Gasteiger partial charge is 0.399 e. The van der Waals surface area contributed by atoms with Crippen molar-refractivity contribution in [2.75, 3.05) is 25.4 Å². The van der Waals surface area contributed by atoms with Crippen molar-refractivity contribution in [2.24, 2.45) is 0 Å². The second kappa shape index (κ2) is 4.98. The zero-order valence-corrected chi connectivity index (χ0v) is 11.8. The number of carbonyl (C=O) groups excluding carboxylic acids is 2. The van der Waals surface area contributed by atoms with Crippen LogP contribution in [0.4, 0.5) is 5.69 Å². The predicted octanol–water partition coefficient (Wildman–Crippen LogP) is 1.37. The van der Waals surface area contributed by atoms with Crippen molar-refractivity contribution in [2.45, 2.75) is 18.9 Å². The number of hydrogen-bond donors (Lipinski definition) is 1. The summed E-state index contributed by atoms with van der Waals surface area (Å²) in [6, 6.07) is 5.08. The SMILES string of the molecule is Nc1ccc(C(=O)N2CCN3C(=O)CCC3C2)c(Cl)c1. The number of anilines is 1. The Labute approximate surface area is 122 Å². The van der Waals surface area contributed by atoms with Crippen molar-refractivity contribution in [1.82, 2.24) is 9.80 Å². The highest BCUT2D eigenvalue weighted by atomic mass is 35.5. The van der Waals surface area contributed by atoms with Gasteiger partial charge >= 0.3 is 0 Å². The van der Waals surface area contributed by atoms with Crippen molar-refractivity contribution < 1.29 is 9.59 Å². The summed E-state index contributed by atoms with van der Waals surface area (Å²) in [5.41, 5.74) is 6.65. The molecule has 1 unspecified atom stereocenters. The molecule has 0 radical (unpaired) electrons. The van der Waals surface area contributed by atoms with Crippen molar-refractivity contribution in [3.63, 3.8) is 0 Å². The number of amides is 2. The van der Waals surface area contributed by atoms with E-state index in [1.165, 1.54) is 0 Å². The van der Waals surface area contributed by atoms with Crippen LogP contribution in [0.15, 0.2) is 18.2 Å². The number of fused-ring (bicyclic) bond motifs is 1. The van der Waals surface area contributed by atoms with Crippen LogP contribution in [0.2, 0.25) is 5.02 Å². The van der Waals surface area contributed by atoms with Crippen LogP contribution in [0, 0.1) is 0 Å². The molecular formula is C14H16ClN3O2. The molecule has 2 aliphatic heterocycles.